The molecule has 1 aromatic rings. The van der Waals surface area contributed by atoms with E-state index in [0.717, 1.165) is 11.3 Å². The lowest BCUT2D eigenvalue weighted by Gasteiger charge is -2.02. The Bertz CT molecular complexity index is 252. The number of hydrogen-bond donors (Lipinski definition) is 1. The van der Waals surface area contributed by atoms with Crippen molar-refractivity contribution >= 4 is 11.3 Å². The molecule has 0 amide bonds. The summed E-state index contributed by atoms with van der Waals surface area (Å²) >= 11 is 1.68. The van der Waals surface area contributed by atoms with Gasteiger partial charge in [-0.2, -0.15) is 0 Å². The van der Waals surface area contributed by atoms with E-state index in [9.17, 15) is 5.11 Å². The van der Waals surface area contributed by atoms with Crippen LogP contribution in [0.15, 0.2) is 24.8 Å². The van der Waals surface area contributed by atoms with E-state index in [-0.39, 0.29) is 6.10 Å². The Hall–Kier alpha value is -0.600. The average Bonchev–Trinajstić information content (AvgIpc) is 2.52. The molecule has 0 aliphatic carbocycles. The molecular weight excluding hydrogens is 168 g/mol. The van der Waals surface area contributed by atoms with Gasteiger partial charge >= 0.3 is 0 Å². The van der Waals surface area contributed by atoms with E-state index >= 15 is 0 Å². The lowest BCUT2D eigenvalue weighted by Crippen LogP contribution is -1.90. The Morgan fingerprint density at radius 3 is 2.92 bits per heavy atom. The van der Waals surface area contributed by atoms with E-state index in [1.165, 1.54) is 4.88 Å². The van der Waals surface area contributed by atoms with Crippen molar-refractivity contribution in [2.24, 2.45) is 0 Å². The van der Waals surface area contributed by atoms with Gasteiger partial charge in [0, 0.05) is 9.75 Å². The molecular formula is C10H14OS. The number of hydrogen-bond acceptors (Lipinski definition) is 2. The third-order valence-electron chi connectivity index (χ3n) is 1.75. The first-order valence-corrected chi connectivity index (χ1v) is 4.97. The number of aliphatic hydroxyl groups is 1. The normalized spacial score (nSPS) is 12.8. The Balaban J connectivity index is 2.67. The largest absolute Gasteiger partial charge is 0.387 e. The number of thiophene rings is 1. The molecule has 1 heterocycles. The summed E-state index contributed by atoms with van der Waals surface area (Å²) in [6.07, 6.45) is 3.08. The highest BCUT2D eigenvalue weighted by atomic mass is 32.1. The second kappa shape index (κ2) is 4.43. The Labute approximate surface area is 77.4 Å². The quantitative estimate of drug-likeness (QED) is 0.710. The molecule has 0 aliphatic rings. The molecule has 1 unspecified atom stereocenters. The number of rotatable bonds is 4. The first-order chi connectivity index (χ1) is 5.77. The summed E-state index contributed by atoms with van der Waals surface area (Å²) in [6, 6.07) is 4.07. The van der Waals surface area contributed by atoms with Crippen LogP contribution in [-0.4, -0.2) is 5.11 Å². The van der Waals surface area contributed by atoms with Gasteiger partial charge in [-0.3, -0.25) is 0 Å². The summed E-state index contributed by atoms with van der Waals surface area (Å²) in [6.45, 7) is 5.72. The minimum atomic E-state index is -0.354. The van der Waals surface area contributed by atoms with Crippen LogP contribution in [0.5, 0.6) is 0 Å². The van der Waals surface area contributed by atoms with Crippen LogP contribution in [0.2, 0.25) is 0 Å². The maximum absolute atomic E-state index is 9.57. The predicted octanol–water partition coefficient (Wildman–Crippen LogP) is 2.92. The second-order valence-electron chi connectivity index (χ2n) is 2.70. The summed E-state index contributed by atoms with van der Waals surface area (Å²) in [4.78, 5) is 2.37. The van der Waals surface area contributed by atoms with E-state index in [1.54, 1.807) is 17.4 Å². The molecule has 12 heavy (non-hydrogen) atoms. The summed E-state index contributed by atoms with van der Waals surface area (Å²) < 4.78 is 0. The zero-order chi connectivity index (χ0) is 8.97. The van der Waals surface area contributed by atoms with Crippen LogP contribution in [0.3, 0.4) is 0 Å². The van der Waals surface area contributed by atoms with Gasteiger partial charge in [0.25, 0.3) is 0 Å². The smallest absolute Gasteiger partial charge is 0.0916 e. The topological polar surface area (TPSA) is 20.2 Å². The van der Waals surface area contributed by atoms with Crippen molar-refractivity contribution in [3.05, 3.63) is 34.5 Å². The zero-order valence-electron chi connectivity index (χ0n) is 7.29. The minimum absolute atomic E-state index is 0.354. The van der Waals surface area contributed by atoms with Crippen LogP contribution in [0.4, 0.5) is 0 Å². The van der Waals surface area contributed by atoms with Gasteiger partial charge in [0.05, 0.1) is 6.10 Å². The monoisotopic (exact) mass is 182 g/mol. The predicted molar refractivity (Wildman–Crippen MR) is 53.5 cm³/mol. The Morgan fingerprint density at radius 1 is 1.67 bits per heavy atom. The van der Waals surface area contributed by atoms with Crippen molar-refractivity contribution in [1.82, 2.24) is 0 Å². The van der Waals surface area contributed by atoms with Crippen LogP contribution in [0.1, 0.15) is 29.2 Å². The summed E-state index contributed by atoms with van der Waals surface area (Å²) in [5, 5.41) is 9.57. The molecule has 66 valence electrons. The van der Waals surface area contributed by atoms with Gasteiger partial charge in [0.1, 0.15) is 0 Å². The van der Waals surface area contributed by atoms with Crippen molar-refractivity contribution in [1.29, 1.82) is 0 Å². The molecule has 0 spiro atoms. The van der Waals surface area contributed by atoms with Gasteiger partial charge in [-0.1, -0.05) is 13.0 Å². The molecule has 1 nitrogen and oxygen atoms in total. The molecule has 0 aromatic carbocycles. The molecule has 0 saturated heterocycles. The lowest BCUT2D eigenvalue weighted by molar-refractivity contribution is 0.185. The minimum Gasteiger partial charge on any atom is -0.387 e. The Kier molecular flexibility index (Phi) is 3.50. The summed E-state index contributed by atoms with van der Waals surface area (Å²) in [7, 11) is 0. The van der Waals surface area contributed by atoms with Gasteiger partial charge in [0.15, 0.2) is 0 Å². The standard InChI is InChI=1S/C10H14OS/c1-3-5-9(11)10-7-6-8(4-2)12-10/h3,6-7,9,11H,1,4-5H2,2H3. The molecule has 2 heteroatoms. The lowest BCUT2D eigenvalue weighted by atomic mass is 10.2. The SMILES string of the molecule is C=CCC(O)c1ccc(CC)s1. The highest BCUT2D eigenvalue weighted by Crippen LogP contribution is 2.25. The molecule has 1 N–H and O–H groups in total. The van der Waals surface area contributed by atoms with Gasteiger partial charge in [-0.05, 0) is 25.0 Å². The van der Waals surface area contributed by atoms with Crippen molar-refractivity contribution < 1.29 is 5.11 Å². The molecule has 0 aliphatic heterocycles. The zero-order valence-corrected chi connectivity index (χ0v) is 8.10. The van der Waals surface area contributed by atoms with Crippen molar-refractivity contribution in [2.75, 3.05) is 0 Å². The second-order valence-corrected chi connectivity index (χ2v) is 3.90. The van der Waals surface area contributed by atoms with Gasteiger partial charge in [-0.15, -0.1) is 17.9 Å². The van der Waals surface area contributed by atoms with Crippen LogP contribution in [0, 0.1) is 0 Å². The highest BCUT2D eigenvalue weighted by molar-refractivity contribution is 7.12. The van der Waals surface area contributed by atoms with Crippen LogP contribution >= 0.6 is 11.3 Å². The molecule has 0 saturated carbocycles. The van der Waals surface area contributed by atoms with E-state index in [4.69, 9.17) is 0 Å². The van der Waals surface area contributed by atoms with E-state index < -0.39 is 0 Å². The maximum Gasteiger partial charge on any atom is 0.0916 e. The van der Waals surface area contributed by atoms with Crippen LogP contribution in [0.25, 0.3) is 0 Å². The fourth-order valence-corrected chi connectivity index (χ4v) is 1.99. The van der Waals surface area contributed by atoms with Gasteiger partial charge in [0.2, 0.25) is 0 Å². The van der Waals surface area contributed by atoms with Crippen molar-refractivity contribution in [3.63, 3.8) is 0 Å². The highest BCUT2D eigenvalue weighted by Gasteiger charge is 2.07. The Morgan fingerprint density at radius 2 is 2.42 bits per heavy atom. The van der Waals surface area contributed by atoms with Crippen LogP contribution < -0.4 is 0 Å². The molecule has 1 rings (SSSR count). The first-order valence-electron chi connectivity index (χ1n) is 4.15. The van der Waals surface area contributed by atoms with E-state index in [0.29, 0.717) is 6.42 Å². The molecule has 0 fully saturated rings. The maximum atomic E-state index is 9.57. The van der Waals surface area contributed by atoms with Gasteiger partial charge in [-0.25, -0.2) is 0 Å². The first kappa shape index (κ1) is 9.49. The van der Waals surface area contributed by atoms with Crippen LogP contribution in [-0.2, 0) is 6.42 Å². The summed E-state index contributed by atoms with van der Waals surface area (Å²) in [5.74, 6) is 0. The van der Waals surface area contributed by atoms with Crippen molar-refractivity contribution in [2.45, 2.75) is 25.9 Å². The molecule has 1 atom stereocenters. The van der Waals surface area contributed by atoms with Crippen molar-refractivity contribution in [3.8, 4) is 0 Å². The van der Waals surface area contributed by atoms with E-state index in [1.807, 2.05) is 6.07 Å². The van der Waals surface area contributed by atoms with Gasteiger partial charge < -0.3 is 5.11 Å². The summed E-state index contributed by atoms with van der Waals surface area (Å²) in [5.41, 5.74) is 0. The fraction of sp³-hybridized carbons (Fsp3) is 0.400. The molecule has 1 aromatic heterocycles. The molecule has 0 bridgehead atoms. The number of aryl methyl sites for hydroxylation is 1. The third-order valence-corrected chi connectivity index (χ3v) is 3.08. The number of aliphatic hydroxyl groups excluding tert-OH is 1. The third kappa shape index (κ3) is 2.19. The average molecular weight is 182 g/mol. The van der Waals surface area contributed by atoms with E-state index in [2.05, 4.69) is 19.6 Å². The molecule has 0 radical (unpaired) electrons. The fourth-order valence-electron chi connectivity index (χ4n) is 1.04.